The van der Waals surface area contributed by atoms with Crippen LogP contribution in [-0.4, -0.2) is 17.0 Å². The van der Waals surface area contributed by atoms with E-state index in [4.69, 9.17) is 0 Å². The van der Waals surface area contributed by atoms with Gasteiger partial charge in [0.15, 0.2) is 6.33 Å². The van der Waals surface area contributed by atoms with Crippen LogP contribution in [0.5, 0.6) is 0 Å². The van der Waals surface area contributed by atoms with Crippen LogP contribution in [0.1, 0.15) is 5.56 Å². The highest BCUT2D eigenvalue weighted by molar-refractivity contribution is 5.85. The molecule has 3 nitrogen and oxygen atoms in total. The summed E-state index contributed by atoms with van der Waals surface area (Å²) in [7, 11) is 1.22. The number of aromatic nitrogens is 2. The van der Waals surface area contributed by atoms with Gasteiger partial charge in [-0.3, -0.25) is 0 Å². The second-order valence-corrected chi connectivity index (χ2v) is 3.10. The minimum absolute atomic E-state index is 0.0381. The number of alkyl halides is 3. The van der Waals surface area contributed by atoms with E-state index in [1.807, 2.05) is 0 Å². The molecule has 0 fully saturated rings. The van der Waals surface area contributed by atoms with Crippen molar-refractivity contribution in [2.45, 2.75) is 6.18 Å². The number of hydrogen-bond donors (Lipinski definition) is 2. The summed E-state index contributed by atoms with van der Waals surface area (Å²) in [4.78, 5) is 5.75. The summed E-state index contributed by atoms with van der Waals surface area (Å²) in [6.07, 6.45) is -2.52. The molecule has 1 aromatic carbocycles. The van der Waals surface area contributed by atoms with Gasteiger partial charge in [-0.25, -0.2) is 9.37 Å². The first-order valence-corrected chi connectivity index (χ1v) is 4.28. The van der Waals surface area contributed by atoms with Crippen LogP contribution in [0, 0.1) is 12.1 Å². The SMILES string of the molecule is CNc1c(F)cc2[nH][c]nc2c1C(F)(F)F. The van der Waals surface area contributed by atoms with Crippen LogP contribution in [0.3, 0.4) is 0 Å². The van der Waals surface area contributed by atoms with E-state index in [1.54, 1.807) is 0 Å². The van der Waals surface area contributed by atoms with Gasteiger partial charge in [0.25, 0.3) is 0 Å². The van der Waals surface area contributed by atoms with Crippen molar-refractivity contribution >= 4 is 16.7 Å². The minimum atomic E-state index is -4.68. The van der Waals surface area contributed by atoms with E-state index in [9.17, 15) is 17.6 Å². The fourth-order valence-electron chi connectivity index (χ4n) is 1.52. The lowest BCUT2D eigenvalue weighted by Gasteiger charge is -2.13. The number of benzene rings is 1. The Morgan fingerprint density at radius 1 is 1.44 bits per heavy atom. The number of fused-ring (bicyclic) bond motifs is 1. The molecule has 7 heteroatoms. The van der Waals surface area contributed by atoms with E-state index in [1.165, 1.54) is 7.05 Å². The van der Waals surface area contributed by atoms with E-state index in [2.05, 4.69) is 21.6 Å². The van der Waals surface area contributed by atoms with Gasteiger partial charge in [-0.05, 0) is 0 Å². The molecule has 0 aliphatic rings. The van der Waals surface area contributed by atoms with Gasteiger partial charge < -0.3 is 10.3 Å². The first-order chi connectivity index (χ1) is 7.45. The number of aromatic amines is 1. The normalized spacial score (nSPS) is 12.1. The molecule has 0 saturated heterocycles. The molecular weight excluding hydrogens is 226 g/mol. The Morgan fingerprint density at radius 3 is 2.69 bits per heavy atom. The molecule has 0 bridgehead atoms. The van der Waals surface area contributed by atoms with Crippen molar-refractivity contribution in [1.82, 2.24) is 9.97 Å². The number of H-pyrrole nitrogens is 1. The molecule has 0 atom stereocenters. The lowest BCUT2D eigenvalue weighted by Crippen LogP contribution is -2.11. The topological polar surface area (TPSA) is 40.7 Å². The smallest absolute Gasteiger partial charge is 0.385 e. The maximum atomic E-state index is 13.4. The van der Waals surface area contributed by atoms with Crippen molar-refractivity contribution in [3.63, 3.8) is 0 Å². The molecule has 2 N–H and O–H groups in total. The highest BCUT2D eigenvalue weighted by atomic mass is 19.4. The lowest BCUT2D eigenvalue weighted by molar-refractivity contribution is -0.135. The molecule has 2 rings (SSSR count). The van der Waals surface area contributed by atoms with Gasteiger partial charge >= 0.3 is 6.18 Å². The first kappa shape index (κ1) is 10.7. The number of anilines is 1. The van der Waals surface area contributed by atoms with E-state index < -0.39 is 23.2 Å². The Balaban J connectivity index is 2.88. The summed E-state index contributed by atoms with van der Waals surface area (Å²) >= 11 is 0. The van der Waals surface area contributed by atoms with Crippen LogP contribution in [0.25, 0.3) is 11.0 Å². The second-order valence-electron chi connectivity index (χ2n) is 3.10. The summed E-state index contributed by atoms with van der Waals surface area (Å²) in [5.74, 6) is -0.986. The number of hydrogen-bond acceptors (Lipinski definition) is 2. The van der Waals surface area contributed by atoms with Gasteiger partial charge in [0, 0.05) is 13.1 Å². The van der Waals surface area contributed by atoms with Gasteiger partial charge in [-0.2, -0.15) is 13.2 Å². The average molecular weight is 232 g/mol. The quantitative estimate of drug-likeness (QED) is 0.742. The fourth-order valence-corrected chi connectivity index (χ4v) is 1.52. The Kier molecular flexibility index (Phi) is 2.25. The molecule has 0 spiro atoms. The largest absolute Gasteiger partial charge is 0.420 e. The molecule has 0 aliphatic heterocycles. The summed E-state index contributed by atoms with van der Waals surface area (Å²) in [5, 5.41) is 2.19. The van der Waals surface area contributed by atoms with Crippen LogP contribution < -0.4 is 5.32 Å². The predicted molar refractivity (Wildman–Crippen MR) is 49.4 cm³/mol. The number of halogens is 4. The third-order valence-corrected chi connectivity index (χ3v) is 2.14. The molecule has 1 aromatic heterocycles. The Bertz CT molecular complexity index is 529. The lowest BCUT2D eigenvalue weighted by atomic mass is 10.1. The molecule has 1 heterocycles. The van der Waals surface area contributed by atoms with Crippen LogP contribution in [0.2, 0.25) is 0 Å². The summed E-state index contributed by atoms with van der Waals surface area (Å²) in [6.45, 7) is 0. The zero-order chi connectivity index (χ0) is 11.9. The van der Waals surface area contributed by atoms with Crippen molar-refractivity contribution < 1.29 is 17.6 Å². The monoisotopic (exact) mass is 232 g/mol. The summed E-state index contributed by atoms with van der Waals surface area (Å²) in [5.41, 5.74) is -2.12. The van der Waals surface area contributed by atoms with Crippen LogP contribution >= 0.6 is 0 Å². The Hall–Kier alpha value is -1.79. The highest BCUT2D eigenvalue weighted by Crippen LogP contribution is 2.40. The molecule has 0 aliphatic carbocycles. The van der Waals surface area contributed by atoms with Gasteiger partial charge in [-0.15, -0.1) is 0 Å². The zero-order valence-corrected chi connectivity index (χ0v) is 8.04. The van der Waals surface area contributed by atoms with E-state index in [0.29, 0.717) is 0 Å². The number of nitrogens with one attached hydrogen (secondary N) is 2. The zero-order valence-electron chi connectivity index (χ0n) is 8.04. The molecule has 0 amide bonds. The molecule has 1 radical (unpaired) electrons. The summed E-state index contributed by atoms with van der Waals surface area (Å²) in [6, 6.07) is 0.944. The van der Waals surface area contributed by atoms with Crippen molar-refractivity contribution in [1.29, 1.82) is 0 Å². The first-order valence-electron chi connectivity index (χ1n) is 4.28. The third-order valence-electron chi connectivity index (χ3n) is 2.14. The van der Waals surface area contributed by atoms with Crippen molar-refractivity contribution in [2.75, 3.05) is 12.4 Å². The number of rotatable bonds is 1. The second kappa shape index (κ2) is 3.36. The molecular formula is C9H6F4N3. The molecule has 85 valence electrons. The van der Waals surface area contributed by atoms with Crippen LogP contribution in [-0.2, 0) is 6.18 Å². The van der Waals surface area contributed by atoms with Gasteiger partial charge in [0.05, 0.1) is 11.2 Å². The maximum absolute atomic E-state index is 13.4. The van der Waals surface area contributed by atoms with Gasteiger partial charge in [0.2, 0.25) is 0 Å². The van der Waals surface area contributed by atoms with E-state index in [0.717, 1.165) is 6.07 Å². The Morgan fingerprint density at radius 2 is 2.12 bits per heavy atom. The number of nitrogens with zero attached hydrogens (tertiary/aromatic N) is 1. The van der Waals surface area contributed by atoms with E-state index >= 15 is 0 Å². The average Bonchev–Trinajstić information content (AvgIpc) is 2.60. The summed E-state index contributed by atoms with van der Waals surface area (Å²) < 4.78 is 51.6. The highest BCUT2D eigenvalue weighted by Gasteiger charge is 2.38. The van der Waals surface area contributed by atoms with Crippen LogP contribution in [0.15, 0.2) is 6.07 Å². The molecule has 2 aromatic rings. The molecule has 16 heavy (non-hydrogen) atoms. The van der Waals surface area contributed by atoms with Crippen molar-refractivity contribution in [3.05, 3.63) is 23.8 Å². The van der Waals surface area contributed by atoms with Crippen molar-refractivity contribution in [3.8, 4) is 0 Å². The maximum Gasteiger partial charge on any atom is 0.420 e. The van der Waals surface area contributed by atoms with Crippen LogP contribution in [0.4, 0.5) is 23.2 Å². The van der Waals surface area contributed by atoms with Gasteiger partial charge in [0.1, 0.15) is 16.9 Å². The van der Waals surface area contributed by atoms with Gasteiger partial charge in [-0.1, -0.05) is 0 Å². The minimum Gasteiger partial charge on any atom is -0.385 e. The van der Waals surface area contributed by atoms with E-state index in [-0.39, 0.29) is 11.0 Å². The molecule has 0 unspecified atom stereocenters. The molecule has 0 saturated carbocycles. The third kappa shape index (κ3) is 1.48. The fraction of sp³-hybridized carbons (Fsp3) is 0.222. The van der Waals surface area contributed by atoms with Crippen molar-refractivity contribution in [2.24, 2.45) is 0 Å². The number of imidazole rings is 1. The predicted octanol–water partition coefficient (Wildman–Crippen LogP) is 2.56. The standard InChI is InChI=1S/C9H6F4N3/c1-14-7-4(10)2-5-8(16-3-15-5)6(7)9(11,12)13/h2,14H,1H3,(H,15,16). The Labute approximate surface area is 87.5 Å².